The zero-order valence-electron chi connectivity index (χ0n) is 8.08. The third-order valence-corrected chi connectivity index (χ3v) is 1.95. The summed E-state index contributed by atoms with van der Waals surface area (Å²) < 4.78 is 0. The summed E-state index contributed by atoms with van der Waals surface area (Å²) in [6.07, 6.45) is 0.809. The van der Waals surface area contributed by atoms with E-state index in [9.17, 15) is 4.79 Å². The summed E-state index contributed by atoms with van der Waals surface area (Å²) in [5.41, 5.74) is 1.94. The van der Waals surface area contributed by atoms with Crippen LogP contribution in [0.3, 0.4) is 0 Å². The number of carbonyl (C=O) groups is 1. The molecular formula is C11H12N2O. The van der Waals surface area contributed by atoms with Gasteiger partial charge in [-0.1, -0.05) is 24.3 Å². The van der Waals surface area contributed by atoms with Crippen molar-refractivity contribution in [1.82, 2.24) is 5.32 Å². The molecule has 0 bridgehead atoms. The van der Waals surface area contributed by atoms with Gasteiger partial charge in [-0.15, -0.1) is 0 Å². The Bertz CT molecular complexity index is 349. The third-order valence-electron chi connectivity index (χ3n) is 1.95. The van der Waals surface area contributed by atoms with Gasteiger partial charge in [0.2, 0.25) is 5.91 Å². The fourth-order valence-corrected chi connectivity index (χ4v) is 1.14. The van der Waals surface area contributed by atoms with Crippen LogP contribution in [-0.4, -0.2) is 13.0 Å². The lowest BCUT2D eigenvalue weighted by Gasteiger charge is -2.00. The summed E-state index contributed by atoms with van der Waals surface area (Å²) >= 11 is 0. The van der Waals surface area contributed by atoms with E-state index in [0.717, 1.165) is 11.1 Å². The summed E-state index contributed by atoms with van der Waals surface area (Å²) in [6, 6.07) is 9.58. The minimum absolute atomic E-state index is 0.00182. The summed E-state index contributed by atoms with van der Waals surface area (Å²) in [4.78, 5) is 11.0. The van der Waals surface area contributed by atoms with E-state index < -0.39 is 0 Å². The second kappa shape index (κ2) is 5.03. The smallest absolute Gasteiger partial charge is 0.224 e. The van der Waals surface area contributed by atoms with Gasteiger partial charge in [-0.25, -0.2) is 0 Å². The first-order valence-electron chi connectivity index (χ1n) is 4.41. The quantitative estimate of drug-likeness (QED) is 0.770. The average Bonchev–Trinajstić information content (AvgIpc) is 2.21. The van der Waals surface area contributed by atoms with Crippen LogP contribution in [0.5, 0.6) is 0 Å². The Morgan fingerprint density at radius 1 is 1.36 bits per heavy atom. The summed E-state index contributed by atoms with van der Waals surface area (Å²) in [6.45, 7) is 0. The molecule has 3 heteroatoms. The zero-order chi connectivity index (χ0) is 10.4. The molecule has 0 heterocycles. The number of benzene rings is 1. The number of nitrogens with zero attached hydrogens (tertiary/aromatic N) is 1. The molecule has 0 radical (unpaired) electrons. The lowest BCUT2D eigenvalue weighted by molar-refractivity contribution is -0.119. The van der Waals surface area contributed by atoms with Crippen LogP contribution in [-0.2, 0) is 17.6 Å². The SMILES string of the molecule is CNC(=O)Cc1ccc(CC#N)cc1. The van der Waals surface area contributed by atoms with Crippen LogP contribution in [0.25, 0.3) is 0 Å². The fourth-order valence-electron chi connectivity index (χ4n) is 1.14. The molecule has 72 valence electrons. The second-order valence-electron chi connectivity index (χ2n) is 3.00. The number of rotatable bonds is 3. The van der Waals surface area contributed by atoms with Crippen LogP contribution in [0.15, 0.2) is 24.3 Å². The Morgan fingerprint density at radius 2 is 1.93 bits per heavy atom. The van der Waals surface area contributed by atoms with Gasteiger partial charge in [0, 0.05) is 7.05 Å². The van der Waals surface area contributed by atoms with Gasteiger partial charge in [-0.05, 0) is 11.1 Å². The fraction of sp³-hybridized carbons (Fsp3) is 0.273. The Morgan fingerprint density at radius 3 is 2.43 bits per heavy atom. The van der Waals surface area contributed by atoms with Gasteiger partial charge in [0.25, 0.3) is 0 Å². The van der Waals surface area contributed by atoms with E-state index in [4.69, 9.17) is 5.26 Å². The van der Waals surface area contributed by atoms with Crippen molar-refractivity contribution in [2.24, 2.45) is 0 Å². The molecule has 1 rings (SSSR count). The van der Waals surface area contributed by atoms with Gasteiger partial charge in [0.1, 0.15) is 0 Å². The lowest BCUT2D eigenvalue weighted by Crippen LogP contribution is -2.19. The Balaban J connectivity index is 2.65. The number of hydrogen-bond donors (Lipinski definition) is 1. The molecule has 0 saturated carbocycles. The number of nitrogens with one attached hydrogen (secondary N) is 1. The van der Waals surface area contributed by atoms with E-state index in [1.54, 1.807) is 7.05 Å². The summed E-state index contributed by atoms with van der Waals surface area (Å²) in [5, 5.41) is 11.0. The molecule has 0 unspecified atom stereocenters. The third kappa shape index (κ3) is 2.91. The van der Waals surface area contributed by atoms with Gasteiger partial charge >= 0.3 is 0 Å². The van der Waals surface area contributed by atoms with Crippen molar-refractivity contribution in [3.8, 4) is 6.07 Å². The molecule has 1 aromatic rings. The number of amides is 1. The molecule has 1 aromatic carbocycles. The maximum absolute atomic E-state index is 11.0. The molecule has 0 aromatic heterocycles. The minimum atomic E-state index is -0.00182. The van der Waals surface area contributed by atoms with Crippen molar-refractivity contribution in [2.75, 3.05) is 7.05 Å². The molecule has 0 aliphatic carbocycles. The zero-order valence-corrected chi connectivity index (χ0v) is 8.08. The van der Waals surface area contributed by atoms with E-state index in [0.29, 0.717) is 12.8 Å². The first-order valence-corrected chi connectivity index (χ1v) is 4.41. The lowest BCUT2D eigenvalue weighted by atomic mass is 10.1. The molecule has 0 aliphatic rings. The normalized spacial score (nSPS) is 9.14. The maximum Gasteiger partial charge on any atom is 0.224 e. The first kappa shape index (κ1) is 10.3. The van der Waals surface area contributed by atoms with Gasteiger partial charge in [0.15, 0.2) is 0 Å². The topological polar surface area (TPSA) is 52.9 Å². The van der Waals surface area contributed by atoms with E-state index >= 15 is 0 Å². The minimum Gasteiger partial charge on any atom is -0.359 e. The van der Waals surface area contributed by atoms with Crippen LogP contribution >= 0.6 is 0 Å². The number of likely N-dealkylation sites (N-methyl/N-ethyl adjacent to an activating group) is 1. The predicted molar refractivity (Wildman–Crippen MR) is 53.5 cm³/mol. The van der Waals surface area contributed by atoms with E-state index in [1.165, 1.54) is 0 Å². The molecule has 14 heavy (non-hydrogen) atoms. The Hall–Kier alpha value is -1.82. The average molecular weight is 188 g/mol. The van der Waals surface area contributed by atoms with Crippen LogP contribution in [0.2, 0.25) is 0 Å². The van der Waals surface area contributed by atoms with Crippen molar-refractivity contribution in [3.05, 3.63) is 35.4 Å². The van der Waals surface area contributed by atoms with Crippen molar-refractivity contribution in [1.29, 1.82) is 5.26 Å². The second-order valence-corrected chi connectivity index (χ2v) is 3.00. The Kier molecular flexibility index (Phi) is 3.69. The molecule has 1 N–H and O–H groups in total. The van der Waals surface area contributed by atoms with E-state index in [2.05, 4.69) is 11.4 Å². The van der Waals surface area contributed by atoms with Gasteiger partial charge in [0.05, 0.1) is 18.9 Å². The highest BCUT2D eigenvalue weighted by Gasteiger charge is 2.00. The van der Waals surface area contributed by atoms with Crippen LogP contribution in [0.1, 0.15) is 11.1 Å². The van der Waals surface area contributed by atoms with Crippen LogP contribution in [0, 0.1) is 11.3 Å². The summed E-state index contributed by atoms with van der Waals surface area (Å²) in [7, 11) is 1.62. The molecule has 0 fully saturated rings. The van der Waals surface area contributed by atoms with Gasteiger partial charge in [-0.3, -0.25) is 4.79 Å². The van der Waals surface area contributed by atoms with Crippen LogP contribution in [0.4, 0.5) is 0 Å². The predicted octanol–water partition coefficient (Wildman–Crippen LogP) is 1.04. The largest absolute Gasteiger partial charge is 0.359 e. The molecule has 0 atom stereocenters. The van der Waals surface area contributed by atoms with Gasteiger partial charge < -0.3 is 5.32 Å². The number of carbonyl (C=O) groups excluding carboxylic acids is 1. The molecule has 0 saturated heterocycles. The van der Waals surface area contributed by atoms with Crippen molar-refractivity contribution >= 4 is 5.91 Å². The molecule has 3 nitrogen and oxygen atoms in total. The first-order chi connectivity index (χ1) is 6.76. The monoisotopic (exact) mass is 188 g/mol. The van der Waals surface area contributed by atoms with Crippen LogP contribution < -0.4 is 5.32 Å². The highest BCUT2D eigenvalue weighted by Crippen LogP contribution is 2.05. The standard InChI is InChI=1S/C11H12N2O/c1-13-11(14)8-10-4-2-9(3-5-10)6-7-12/h2-5H,6,8H2,1H3,(H,13,14). The number of hydrogen-bond acceptors (Lipinski definition) is 2. The van der Waals surface area contributed by atoms with Crippen molar-refractivity contribution < 1.29 is 4.79 Å². The molecule has 0 spiro atoms. The van der Waals surface area contributed by atoms with E-state index in [1.807, 2.05) is 24.3 Å². The highest BCUT2D eigenvalue weighted by atomic mass is 16.1. The molecular weight excluding hydrogens is 176 g/mol. The van der Waals surface area contributed by atoms with Gasteiger partial charge in [-0.2, -0.15) is 5.26 Å². The number of nitriles is 1. The maximum atomic E-state index is 11.0. The Labute approximate surface area is 83.4 Å². The van der Waals surface area contributed by atoms with Crippen molar-refractivity contribution in [3.63, 3.8) is 0 Å². The van der Waals surface area contributed by atoms with E-state index in [-0.39, 0.29) is 5.91 Å². The highest BCUT2D eigenvalue weighted by molar-refractivity contribution is 5.78. The molecule has 0 aliphatic heterocycles. The molecule has 1 amide bonds. The summed E-state index contributed by atoms with van der Waals surface area (Å²) in [5.74, 6) is -0.00182. The van der Waals surface area contributed by atoms with Crippen molar-refractivity contribution in [2.45, 2.75) is 12.8 Å².